The zero-order valence-corrected chi connectivity index (χ0v) is 13.1. The number of nitrogens with zero attached hydrogens (tertiary/aromatic N) is 1. The van der Waals surface area contributed by atoms with Crippen molar-refractivity contribution in [1.82, 2.24) is 4.90 Å². The Morgan fingerprint density at radius 1 is 1.29 bits per heavy atom. The molecule has 21 heavy (non-hydrogen) atoms. The fourth-order valence-electron chi connectivity index (χ4n) is 3.26. The summed E-state index contributed by atoms with van der Waals surface area (Å²) in [6, 6.07) is 3.94. The van der Waals surface area contributed by atoms with Crippen molar-refractivity contribution < 1.29 is 14.6 Å². The molecule has 0 spiro atoms. The molecule has 5 heteroatoms. The lowest BCUT2D eigenvalue weighted by Crippen LogP contribution is -2.29. The second-order valence-electron chi connectivity index (χ2n) is 6.06. The molecule has 0 radical (unpaired) electrons. The molecule has 2 atom stereocenters. The first-order valence-corrected chi connectivity index (χ1v) is 7.96. The first-order chi connectivity index (χ1) is 10.1. The summed E-state index contributed by atoms with van der Waals surface area (Å²) in [5.41, 5.74) is 1.11. The van der Waals surface area contributed by atoms with Crippen molar-refractivity contribution in [2.45, 2.75) is 31.9 Å². The van der Waals surface area contributed by atoms with Crippen LogP contribution in [0.25, 0.3) is 0 Å². The number of benzene rings is 1. The number of rotatable bonds is 4. The number of aliphatic hydroxyl groups excluding tert-OH is 1. The van der Waals surface area contributed by atoms with Crippen LogP contribution in [-0.2, 0) is 6.54 Å². The maximum absolute atomic E-state index is 9.92. The van der Waals surface area contributed by atoms with Crippen molar-refractivity contribution in [2.24, 2.45) is 5.92 Å². The first-order valence-electron chi connectivity index (χ1n) is 7.58. The van der Waals surface area contributed by atoms with Gasteiger partial charge in [0.05, 0.1) is 11.1 Å². The number of hydrogen-bond donors (Lipinski definition) is 1. The summed E-state index contributed by atoms with van der Waals surface area (Å²) in [5.74, 6) is 1.78. The van der Waals surface area contributed by atoms with Gasteiger partial charge in [-0.2, -0.15) is 0 Å². The lowest BCUT2D eigenvalue weighted by Gasteiger charge is -2.24. The number of ether oxygens (including phenoxy) is 2. The highest BCUT2D eigenvalue weighted by Crippen LogP contribution is 2.38. The summed E-state index contributed by atoms with van der Waals surface area (Å²) in [5, 5.41) is 10.5. The maximum Gasteiger partial charge on any atom is 0.179 e. The number of halogens is 1. The van der Waals surface area contributed by atoms with E-state index >= 15 is 0 Å². The van der Waals surface area contributed by atoms with E-state index < -0.39 is 0 Å². The van der Waals surface area contributed by atoms with Gasteiger partial charge in [0.25, 0.3) is 0 Å². The molecular formula is C16H22ClNO3. The van der Waals surface area contributed by atoms with E-state index in [1.54, 1.807) is 0 Å². The third kappa shape index (κ3) is 3.44. The second kappa shape index (κ2) is 6.42. The quantitative estimate of drug-likeness (QED) is 0.928. The molecule has 1 saturated carbocycles. The maximum atomic E-state index is 9.92. The molecule has 2 aliphatic rings. The molecule has 3 rings (SSSR count). The van der Waals surface area contributed by atoms with Gasteiger partial charge in [-0.05, 0) is 43.5 Å². The normalized spacial score (nSPS) is 24.6. The molecule has 2 unspecified atom stereocenters. The third-order valence-electron chi connectivity index (χ3n) is 4.27. The Bertz CT molecular complexity index is 509. The Kier molecular flexibility index (Phi) is 4.57. The van der Waals surface area contributed by atoms with Crippen molar-refractivity contribution in [3.05, 3.63) is 22.7 Å². The third-order valence-corrected chi connectivity index (χ3v) is 4.55. The minimum absolute atomic E-state index is 0.142. The van der Waals surface area contributed by atoms with Gasteiger partial charge in [0, 0.05) is 13.1 Å². The Morgan fingerprint density at radius 2 is 2.10 bits per heavy atom. The zero-order valence-electron chi connectivity index (χ0n) is 12.3. The van der Waals surface area contributed by atoms with Crippen LogP contribution in [0, 0.1) is 5.92 Å². The molecular weight excluding hydrogens is 290 g/mol. The lowest BCUT2D eigenvalue weighted by atomic mass is 10.1. The van der Waals surface area contributed by atoms with Crippen molar-refractivity contribution >= 4 is 11.6 Å². The molecule has 1 aromatic rings. The molecule has 1 fully saturated rings. The molecule has 0 amide bonds. The summed E-state index contributed by atoms with van der Waals surface area (Å²) < 4.78 is 11.1. The average Bonchev–Trinajstić information content (AvgIpc) is 2.84. The minimum Gasteiger partial charge on any atom is -0.486 e. The summed E-state index contributed by atoms with van der Waals surface area (Å²) in [7, 11) is 2.08. The molecule has 1 aromatic carbocycles. The van der Waals surface area contributed by atoms with Gasteiger partial charge in [0.2, 0.25) is 0 Å². The fourth-order valence-corrected chi connectivity index (χ4v) is 3.55. The highest BCUT2D eigenvalue weighted by molar-refractivity contribution is 6.32. The van der Waals surface area contributed by atoms with Crippen LogP contribution in [0.15, 0.2) is 12.1 Å². The summed E-state index contributed by atoms with van der Waals surface area (Å²) in [6.07, 6.45) is 3.05. The van der Waals surface area contributed by atoms with Gasteiger partial charge >= 0.3 is 0 Å². The fraction of sp³-hybridized carbons (Fsp3) is 0.625. The number of aliphatic hydroxyl groups is 1. The Hall–Kier alpha value is -0.970. The van der Waals surface area contributed by atoms with E-state index in [1.807, 2.05) is 12.1 Å². The highest BCUT2D eigenvalue weighted by Gasteiger charge is 2.26. The van der Waals surface area contributed by atoms with Gasteiger partial charge < -0.3 is 19.5 Å². The second-order valence-corrected chi connectivity index (χ2v) is 6.46. The summed E-state index contributed by atoms with van der Waals surface area (Å²) in [4.78, 5) is 2.24. The molecule has 1 aliphatic heterocycles. The van der Waals surface area contributed by atoms with E-state index in [4.69, 9.17) is 21.1 Å². The largest absolute Gasteiger partial charge is 0.486 e. The van der Waals surface area contributed by atoms with Gasteiger partial charge in [-0.25, -0.2) is 0 Å². The molecule has 0 aromatic heterocycles. The van der Waals surface area contributed by atoms with E-state index in [-0.39, 0.29) is 6.10 Å². The smallest absolute Gasteiger partial charge is 0.179 e. The van der Waals surface area contributed by atoms with Gasteiger partial charge in [-0.1, -0.05) is 18.0 Å². The highest BCUT2D eigenvalue weighted by atomic mass is 35.5. The predicted octanol–water partition coefficient (Wildman–Crippen LogP) is 2.70. The van der Waals surface area contributed by atoms with Crippen LogP contribution in [0.2, 0.25) is 5.02 Å². The van der Waals surface area contributed by atoms with E-state index in [1.165, 1.54) is 0 Å². The molecule has 4 nitrogen and oxygen atoms in total. The zero-order chi connectivity index (χ0) is 14.8. The summed E-state index contributed by atoms with van der Waals surface area (Å²) >= 11 is 6.26. The Balaban J connectivity index is 1.65. The van der Waals surface area contributed by atoms with E-state index in [2.05, 4.69) is 11.9 Å². The van der Waals surface area contributed by atoms with Gasteiger partial charge in [-0.15, -0.1) is 0 Å². The molecule has 1 N–H and O–H groups in total. The predicted molar refractivity (Wildman–Crippen MR) is 82.1 cm³/mol. The molecule has 1 heterocycles. The Labute approximate surface area is 130 Å². The SMILES string of the molecule is CN(Cc1cc(Cl)c2c(c1)OCCO2)CC1CCCC1O. The van der Waals surface area contributed by atoms with E-state index in [9.17, 15) is 5.11 Å². The Morgan fingerprint density at radius 3 is 2.86 bits per heavy atom. The van der Waals surface area contributed by atoms with Crippen molar-refractivity contribution in [3.8, 4) is 11.5 Å². The minimum atomic E-state index is -0.142. The first kappa shape index (κ1) is 14.9. The monoisotopic (exact) mass is 311 g/mol. The standard InChI is InChI=1S/C16H22ClNO3/c1-18(10-12-3-2-4-14(12)19)9-11-7-13(17)16-15(8-11)20-5-6-21-16/h7-8,12,14,19H,2-6,9-10H2,1H3. The van der Waals surface area contributed by atoms with E-state index in [0.717, 1.165) is 43.7 Å². The van der Waals surface area contributed by atoms with Crippen molar-refractivity contribution in [3.63, 3.8) is 0 Å². The molecule has 0 saturated heterocycles. The van der Waals surface area contributed by atoms with Crippen LogP contribution >= 0.6 is 11.6 Å². The van der Waals surface area contributed by atoms with Crippen LogP contribution in [0.3, 0.4) is 0 Å². The van der Waals surface area contributed by atoms with Crippen LogP contribution in [0.1, 0.15) is 24.8 Å². The molecule has 1 aliphatic carbocycles. The van der Waals surface area contributed by atoms with Crippen molar-refractivity contribution in [2.75, 3.05) is 26.8 Å². The van der Waals surface area contributed by atoms with E-state index in [0.29, 0.717) is 29.9 Å². The number of fused-ring (bicyclic) bond motifs is 1. The topological polar surface area (TPSA) is 41.9 Å². The average molecular weight is 312 g/mol. The van der Waals surface area contributed by atoms with Gasteiger partial charge in [0.1, 0.15) is 13.2 Å². The summed E-state index contributed by atoms with van der Waals surface area (Å²) in [6.45, 7) is 2.81. The molecule has 0 bridgehead atoms. The van der Waals surface area contributed by atoms with Crippen molar-refractivity contribution in [1.29, 1.82) is 0 Å². The molecule has 116 valence electrons. The number of hydrogen-bond acceptors (Lipinski definition) is 4. The van der Waals surface area contributed by atoms with Gasteiger partial charge in [0.15, 0.2) is 11.5 Å². The van der Waals surface area contributed by atoms with Crippen LogP contribution < -0.4 is 9.47 Å². The van der Waals surface area contributed by atoms with Crippen LogP contribution in [0.5, 0.6) is 11.5 Å². The van der Waals surface area contributed by atoms with Gasteiger partial charge in [-0.3, -0.25) is 0 Å². The lowest BCUT2D eigenvalue weighted by molar-refractivity contribution is 0.108. The van der Waals surface area contributed by atoms with Crippen LogP contribution in [-0.4, -0.2) is 42.9 Å². The van der Waals surface area contributed by atoms with Crippen LogP contribution in [0.4, 0.5) is 0 Å².